The van der Waals surface area contributed by atoms with Crippen LogP contribution in [0, 0.1) is 17.3 Å². The summed E-state index contributed by atoms with van der Waals surface area (Å²) in [4.78, 5) is 16.2. The molecule has 3 rings (SSSR count). The van der Waals surface area contributed by atoms with Gasteiger partial charge >= 0.3 is 0 Å². The van der Waals surface area contributed by atoms with Crippen LogP contribution in [0.4, 0.5) is 0 Å². The van der Waals surface area contributed by atoms with Gasteiger partial charge in [-0.25, -0.2) is 0 Å². The third-order valence-corrected chi connectivity index (χ3v) is 6.89. The Morgan fingerprint density at radius 1 is 1.06 bits per heavy atom. The zero-order valence-electron chi connectivity index (χ0n) is 20.8. The van der Waals surface area contributed by atoms with Crippen LogP contribution in [0.5, 0.6) is 11.5 Å². The van der Waals surface area contributed by atoms with Crippen molar-refractivity contribution in [1.82, 2.24) is 4.90 Å². The Bertz CT molecular complexity index is 887. The Hall–Kier alpha value is -2.49. The molecule has 3 atom stereocenters. The van der Waals surface area contributed by atoms with Crippen molar-refractivity contribution >= 4 is 5.91 Å². The number of likely N-dealkylation sites (tertiary alicyclic amines) is 1. The van der Waals surface area contributed by atoms with Crippen LogP contribution in [0.3, 0.4) is 0 Å². The molecular formula is C28H39NO3. The normalized spacial score (nSPS) is 20.0. The van der Waals surface area contributed by atoms with Gasteiger partial charge in [0.05, 0.1) is 19.6 Å². The van der Waals surface area contributed by atoms with E-state index in [4.69, 9.17) is 9.47 Å². The van der Waals surface area contributed by atoms with Gasteiger partial charge in [-0.1, -0.05) is 65.0 Å². The first-order valence-electron chi connectivity index (χ1n) is 11.8. The van der Waals surface area contributed by atoms with Gasteiger partial charge in [-0.2, -0.15) is 0 Å². The number of nitrogens with zero attached hydrogens (tertiary/aromatic N) is 1. The van der Waals surface area contributed by atoms with E-state index in [2.05, 4.69) is 69.9 Å². The summed E-state index contributed by atoms with van der Waals surface area (Å²) in [6.45, 7) is 12.5. The van der Waals surface area contributed by atoms with Crippen molar-refractivity contribution in [3.05, 3.63) is 59.2 Å². The summed E-state index contributed by atoms with van der Waals surface area (Å²) >= 11 is 0. The highest BCUT2D eigenvalue weighted by Crippen LogP contribution is 2.48. The number of hydrogen-bond acceptors (Lipinski definition) is 3. The molecule has 2 aromatic rings. The first-order chi connectivity index (χ1) is 15.2. The molecule has 174 valence electrons. The zero-order chi connectivity index (χ0) is 23.5. The molecule has 1 aliphatic rings. The molecule has 1 amide bonds. The van der Waals surface area contributed by atoms with Gasteiger partial charge in [0.1, 0.15) is 11.5 Å². The summed E-state index contributed by atoms with van der Waals surface area (Å²) in [5, 5.41) is 0. The number of benzene rings is 2. The average Bonchev–Trinajstić information content (AvgIpc) is 2.78. The maximum atomic E-state index is 14.1. The van der Waals surface area contributed by atoms with E-state index in [1.54, 1.807) is 14.2 Å². The predicted molar refractivity (Wildman–Crippen MR) is 131 cm³/mol. The minimum absolute atomic E-state index is 0.139. The summed E-state index contributed by atoms with van der Waals surface area (Å²) in [5.41, 5.74) is 2.71. The number of ether oxygens (including phenoxy) is 2. The number of aryl methyl sites for hydroxylation is 1. The molecule has 0 saturated carbocycles. The van der Waals surface area contributed by atoms with Gasteiger partial charge < -0.3 is 14.4 Å². The molecule has 1 fully saturated rings. The van der Waals surface area contributed by atoms with Crippen molar-refractivity contribution in [1.29, 1.82) is 0 Å². The summed E-state index contributed by atoms with van der Waals surface area (Å²) < 4.78 is 11.4. The third-order valence-electron chi connectivity index (χ3n) is 6.89. The summed E-state index contributed by atoms with van der Waals surface area (Å²) in [6.07, 6.45) is 2.01. The lowest BCUT2D eigenvalue weighted by Gasteiger charge is -2.43. The van der Waals surface area contributed by atoms with Gasteiger partial charge in [-0.3, -0.25) is 4.79 Å². The molecule has 2 aromatic carbocycles. The fraction of sp³-hybridized carbons (Fsp3) is 0.536. The molecule has 0 bridgehead atoms. The maximum Gasteiger partial charge on any atom is 0.229 e. The fourth-order valence-electron chi connectivity index (χ4n) is 5.51. The van der Waals surface area contributed by atoms with E-state index in [0.717, 1.165) is 47.7 Å². The second kappa shape index (κ2) is 9.97. The Morgan fingerprint density at radius 3 is 2.22 bits per heavy atom. The molecule has 0 N–H and O–H groups in total. The van der Waals surface area contributed by atoms with Crippen molar-refractivity contribution < 1.29 is 14.3 Å². The van der Waals surface area contributed by atoms with Crippen LogP contribution >= 0.6 is 0 Å². The molecule has 4 heteroatoms. The highest BCUT2D eigenvalue weighted by molar-refractivity contribution is 5.84. The molecule has 0 radical (unpaired) electrons. The van der Waals surface area contributed by atoms with Crippen LogP contribution in [0.15, 0.2) is 42.5 Å². The Morgan fingerprint density at radius 2 is 1.69 bits per heavy atom. The van der Waals surface area contributed by atoms with E-state index in [-0.39, 0.29) is 11.8 Å². The summed E-state index contributed by atoms with van der Waals surface area (Å²) in [6, 6.07) is 14.4. The Labute approximate surface area is 193 Å². The first-order valence-corrected chi connectivity index (χ1v) is 11.8. The quantitative estimate of drug-likeness (QED) is 0.539. The topological polar surface area (TPSA) is 38.8 Å². The third kappa shape index (κ3) is 4.79. The fourth-order valence-corrected chi connectivity index (χ4v) is 5.51. The van der Waals surface area contributed by atoms with E-state index < -0.39 is 5.41 Å². The SMILES string of the molecule is CCc1cc(OC)cc(OC)c1C(c1ccccc1)C(C)(C)C(=O)N1CC(C)CC(C)C1. The standard InChI is InChI=1S/C28H39NO3/c1-8-21-15-23(31-6)16-24(32-7)25(21)26(22-12-10-9-11-13-22)28(4,5)27(30)29-17-19(2)14-20(3)18-29/h9-13,15-16,19-20,26H,8,14,17-18H2,1-7H3. The molecular weight excluding hydrogens is 398 g/mol. The van der Waals surface area contributed by atoms with Crippen LogP contribution in [-0.2, 0) is 11.2 Å². The second-order valence-corrected chi connectivity index (χ2v) is 9.98. The number of carbonyl (C=O) groups is 1. The largest absolute Gasteiger partial charge is 0.497 e. The monoisotopic (exact) mass is 437 g/mol. The zero-order valence-corrected chi connectivity index (χ0v) is 20.8. The molecule has 0 aromatic heterocycles. The van der Waals surface area contributed by atoms with E-state index >= 15 is 0 Å². The minimum Gasteiger partial charge on any atom is -0.497 e. The van der Waals surface area contributed by atoms with Gasteiger partial charge in [0.2, 0.25) is 5.91 Å². The molecule has 1 heterocycles. The lowest BCUT2D eigenvalue weighted by Crippen LogP contribution is -2.50. The number of carbonyl (C=O) groups excluding carboxylic acids is 1. The lowest BCUT2D eigenvalue weighted by atomic mass is 9.68. The van der Waals surface area contributed by atoms with Crippen LogP contribution in [0.1, 0.15) is 63.6 Å². The summed E-state index contributed by atoms with van der Waals surface area (Å²) in [5.74, 6) is 2.67. The van der Waals surface area contributed by atoms with E-state index in [1.165, 1.54) is 6.42 Å². The molecule has 0 aliphatic carbocycles. The number of piperidine rings is 1. The van der Waals surface area contributed by atoms with Crippen LogP contribution < -0.4 is 9.47 Å². The van der Waals surface area contributed by atoms with Crippen LogP contribution in [0.2, 0.25) is 0 Å². The smallest absolute Gasteiger partial charge is 0.229 e. The maximum absolute atomic E-state index is 14.1. The molecule has 0 spiro atoms. The minimum atomic E-state index is -0.649. The Balaban J connectivity index is 2.17. The molecule has 32 heavy (non-hydrogen) atoms. The van der Waals surface area contributed by atoms with Crippen molar-refractivity contribution in [2.75, 3.05) is 27.3 Å². The molecule has 1 saturated heterocycles. The van der Waals surface area contributed by atoms with E-state index in [0.29, 0.717) is 11.8 Å². The molecule has 4 nitrogen and oxygen atoms in total. The predicted octanol–water partition coefficient (Wildman–Crippen LogP) is 5.93. The molecule has 1 aliphatic heterocycles. The molecule has 3 unspecified atom stereocenters. The van der Waals surface area contributed by atoms with Crippen molar-refractivity contribution in [3.8, 4) is 11.5 Å². The second-order valence-electron chi connectivity index (χ2n) is 9.98. The van der Waals surface area contributed by atoms with Crippen molar-refractivity contribution in [3.63, 3.8) is 0 Å². The van der Waals surface area contributed by atoms with Gasteiger partial charge in [0, 0.05) is 30.6 Å². The van der Waals surface area contributed by atoms with Crippen molar-refractivity contribution in [2.45, 2.75) is 53.4 Å². The highest BCUT2D eigenvalue weighted by Gasteiger charge is 2.44. The van der Waals surface area contributed by atoms with Crippen LogP contribution in [0.25, 0.3) is 0 Å². The number of hydrogen-bond donors (Lipinski definition) is 0. The number of amides is 1. The van der Waals surface area contributed by atoms with Crippen LogP contribution in [-0.4, -0.2) is 38.1 Å². The van der Waals surface area contributed by atoms with E-state index in [1.807, 2.05) is 12.1 Å². The van der Waals surface area contributed by atoms with Gasteiger partial charge in [0.25, 0.3) is 0 Å². The lowest BCUT2D eigenvalue weighted by molar-refractivity contribution is -0.144. The highest BCUT2D eigenvalue weighted by atomic mass is 16.5. The number of methoxy groups -OCH3 is 2. The number of rotatable bonds is 7. The Kier molecular flexibility index (Phi) is 7.53. The average molecular weight is 438 g/mol. The van der Waals surface area contributed by atoms with Crippen molar-refractivity contribution in [2.24, 2.45) is 17.3 Å². The van der Waals surface area contributed by atoms with Gasteiger partial charge in [-0.05, 0) is 41.9 Å². The summed E-state index contributed by atoms with van der Waals surface area (Å²) in [7, 11) is 3.37. The first kappa shape index (κ1) is 24.2. The van der Waals surface area contributed by atoms with Gasteiger partial charge in [0.15, 0.2) is 0 Å². The van der Waals surface area contributed by atoms with E-state index in [9.17, 15) is 4.79 Å². The van der Waals surface area contributed by atoms with Gasteiger partial charge in [-0.15, -0.1) is 0 Å².